The van der Waals surface area contributed by atoms with Crippen LogP contribution >= 0.6 is 11.6 Å². The van der Waals surface area contributed by atoms with Gasteiger partial charge in [0.1, 0.15) is 0 Å². The summed E-state index contributed by atoms with van der Waals surface area (Å²) in [4.78, 5) is 0. The number of hydrogen-bond acceptors (Lipinski definition) is 0. The van der Waals surface area contributed by atoms with Crippen LogP contribution in [-0.2, 0) is 12.6 Å². The second-order valence-corrected chi connectivity index (χ2v) is 5.70. The van der Waals surface area contributed by atoms with Crippen LogP contribution in [0.15, 0.2) is 24.3 Å². The molecule has 100 valence electrons. The quantitative estimate of drug-likeness (QED) is 0.686. The van der Waals surface area contributed by atoms with Crippen molar-refractivity contribution in [3.8, 4) is 0 Å². The van der Waals surface area contributed by atoms with E-state index in [9.17, 15) is 13.2 Å². The fraction of sp³-hybridized carbons (Fsp3) is 0.571. The van der Waals surface area contributed by atoms with E-state index in [4.69, 9.17) is 11.6 Å². The molecule has 1 aromatic carbocycles. The standard InChI is InChI=1S/C14H16ClF3/c1-13(9-15,11-5-6-11)8-10-3-2-4-12(7-10)14(16,17)18/h2-4,7,11H,5-6,8-9H2,1H3. The minimum atomic E-state index is -4.27. The summed E-state index contributed by atoms with van der Waals surface area (Å²) < 4.78 is 37.9. The molecule has 1 saturated carbocycles. The summed E-state index contributed by atoms with van der Waals surface area (Å²) in [6.07, 6.45) is -1.37. The van der Waals surface area contributed by atoms with Gasteiger partial charge in [-0.25, -0.2) is 0 Å². The van der Waals surface area contributed by atoms with Crippen molar-refractivity contribution in [2.24, 2.45) is 11.3 Å². The highest BCUT2D eigenvalue weighted by Gasteiger charge is 2.41. The molecule has 1 aliphatic carbocycles. The number of hydrogen-bond donors (Lipinski definition) is 0. The minimum Gasteiger partial charge on any atom is -0.166 e. The van der Waals surface area contributed by atoms with Gasteiger partial charge in [-0.2, -0.15) is 13.2 Å². The van der Waals surface area contributed by atoms with Gasteiger partial charge >= 0.3 is 6.18 Å². The van der Waals surface area contributed by atoms with E-state index >= 15 is 0 Å². The summed E-state index contributed by atoms with van der Waals surface area (Å²) >= 11 is 6.00. The summed E-state index contributed by atoms with van der Waals surface area (Å²) in [5.41, 5.74) is 0.0683. The van der Waals surface area contributed by atoms with E-state index < -0.39 is 11.7 Å². The first-order valence-electron chi connectivity index (χ1n) is 6.07. The van der Waals surface area contributed by atoms with Gasteiger partial charge in [0.25, 0.3) is 0 Å². The lowest BCUT2D eigenvalue weighted by Gasteiger charge is -2.27. The zero-order valence-electron chi connectivity index (χ0n) is 10.2. The van der Waals surface area contributed by atoms with Crippen LogP contribution in [-0.4, -0.2) is 5.88 Å². The van der Waals surface area contributed by atoms with Gasteiger partial charge in [-0.15, -0.1) is 11.6 Å². The maximum atomic E-state index is 12.6. The lowest BCUT2D eigenvalue weighted by atomic mass is 9.80. The van der Waals surface area contributed by atoms with Gasteiger partial charge in [0, 0.05) is 5.88 Å². The molecule has 0 radical (unpaired) electrons. The van der Waals surface area contributed by atoms with Gasteiger partial charge in [0.05, 0.1) is 5.56 Å². The van der Waals surface area contributed by atoms with Crippen LogP contribution in [0.3, 0.4) is 0 Å². The normalized spacial score (nSPS) is 19.6. The fourth-order valence-corrected chi connectivity index (χ4v) is 2.72. The van der Waals surface area contributed by atoms with Gasteiger partial charge in [-0.3, -0.25) is 0 Å². The maximum absolute atomic E-state index is 12.6. The van der Waals surface area contributed by atoms with E-state index in [1.165, 1.54) is 12.1 Å². The third-order valence-corrected chi connectivity index (χ3v) is 4.34. The maximum Gasteiger partial charge on any atom is 0.416 e. The molecule has 0 spiro atoms. The molecule has 0 heterocycles. The first-order chi connectivity index (χ1) is 8.35. The van der Waals surface area contributed by atoms with Gasteiger partial charge in [-0.1, -0.05) is 25.1 Å². The Kier molecular flexibility index (Phi) is 3.63. The molecule has 1 unspecified atom stereocenters. The summed E-state index contributed by atoms with van der Waals surface area (Å²) in [5, 5.41) is 0. The van der Waals surface area contributed by atoms with Crippen LogP contribution in [0.5, 0.6) is 0 Å². The van der Waals surface area contributed by atoms with Gasteiger partial charge < -0.3 is 0 Å². The molecule has 0 amide bonds. The average molecular weight is 277 g/mol. The van der Waals surface area contributed by atoms with E-state index in [1.54, 1.807) is 6.07 Å². The molecule has 2 rings (SSSR count). The van der Waals surface area contributed by atoms with Crippen LogP contribution in [0, 0.1) is 11.3 Å². The Morgan fingerprint density at radius 3 is 2.44 bits per heavy atom. The smallest absolute Gasteiger partial charge is 0.166 e. The Hall–Kier alpha value is -0.700. The third-order valence-electron chi connectivity index (χ3n) is 3.73. The highest BCUT2D eigenvalue weighted by molar-refractivity contribution is 6.18. The molecule has 0 N–H and O–H groups in total. The first-order valence-corrected chi connectivity index (χ1v) is 6.61. The lowest BCUT2D eigenvalue weighted by Crippen LogP contribution is -2.24. The lowest BCUT2D eigenvalue weighted by molar-refractivity contribution is -0.137. The van der Waals surface area contributed by atoms with E-state index in [2.05, 4.69) is 6.92 Å². The summed E-state index contributed by atoms with van der Waals surface area (Å²) in [6.45, 7) is 2.07. The van der Waals surface area contributed by atoms with E-state index in [0.717, 1.165) is 24.5 Å². The molecule has 0 aliphatic heterocycles. The molecule has 0 nitrogen and oxygen atoms in total. The van der Waals surface area contributed by atoms with Crippen molar-refractivity contribution in [1.29, 1.82) is 0 Å². The second-order valence-electron chi connectivity index (χ2n) is 5.44. The molecule has 1 aromatic rings. The Bertz CT molecular complexity index is 423. The van der Waals surface area contributed by atoms with Crippen LogP contribution < -0.4 is 0 Å². The van der Waals surface area contributed by atoms with E-state index in [1.807, 2.05) is 0 Å². The minimum absolute atomic E-state index is 0.0776. The van der Waals surface area contributed by atoms with Crippen LogP contribution in [0.4, 0.5) is 13.2 Å². The van der Waals surface area contributed by atoms with Crippen molar-refractivity contribution in [3.05, 3.63) is 35.4 Å². The number of halogens is 4. The number of rotatable bonds is 4. The van der Waals surface area contributed by atoms with Crippen LogP contribution in [0.25, 0.3) is 0 Å². The van der Waals surface area contributed by atoms with E-state index in [0.29, 0.717) is 18.2 Å². The predicted octanol–water partition coefficient (Wildman–Crippen LogP) is 4.90. The van der Waals surface area contributed by atoms with Crippen molar-refractivity contribution >= 4 is 11.6 Å². The zero-order chi connectivity index (χ0) is 13.4. The molecule has 4 heteroatoms. The third kappa shape index (κ3) is 3.00. The van der Waals surface area contributed by atoms with Crippen molar-refractivity contribution in [3.63, 3.8) is 0 Å². The summed E-state index contributed by atoms with van der Waals surface area (Å²) in [6, 6.07) is 5.58. The van der Waals surface area contributed by atoms with E-state index in [-0.39, 0.29) is 5.41 Å². The van der Waals surface area contributed by atoms with Crippen LogP contribution in [0.1, 0.15) is 30.9 Å². The Morgan fingerprint density at radius 2 is 1.94 bits per heavy atom. The first kappa shape index (κ1) is 13.7. The largest absolute Gasteiger partial charge is 0.416 e. The topological polar surface area (TPSA) is 0 Å². The molecule has 1 fully saturated rings. The monoisotopic (exact) mass is 276 g/mol. The molecule has 0 bridgehead atoms. The molecule has 0 aromatic heterocycles. The van der Waals surface area contributed by atoms with Crippen molar-refractivity contribution in [1.82, 2.24) is 0 Å². The number of alkyl halides is 4. The number of benzene rings is 1. The Morgan fingerprint density at radius 1 is 1.28 bits per heavy atom. The molecule has 0 saturated heterocycles. The van der Waals surface area contributed by atoms with Crippen molar-refractivity contribution in [2.75, 3.05) is 5.88 Å². The highest BCUT2D eigenvalue weighted by Crippen LogP contribution is 2.48. The van der Waals surface area contributed by atoms with Gasteiger partial charge in [0.2, 0.25) is 0 Å². The zero-order valence-corrected chi connectivity index (χ0v) is 11.0. The average Bonchev–Trinajstić information content (AvgIpc) is 3.12. The SMILES string of the molecule is CC(CCl)(Cc1cccc(C(F)(F)F)c1)C1CC1. The molecule has 18 heavy (non-hydrogen) atoms. The van der Waals surface area contributed by atoms with Crippen molar-refractivity contribution in [2.45, 2.75) is 32.4 Å². The Labute approximate surface area is 110 Å². The Balaban J connectivity index is 2.19. The fourth-order valence-electron chi connectivity index (χ4n) is 2.40. The molecular weight excluding hydrogens is 261 g/mol. The molecule has 1 atom stereocenters. The molecule has 1 aliphatic rings. The van der Waals surface area contributed by atoms with Gasteiger partial charge in [0.15, 0.2) is 0 Å². The molecular formula is C14H16ClF3. The van der Waals surface area contributed by atoms with Crippen molar-refractivity contribution < 1.29 is 13.2 Å². The second kappa shape index (κ2) is 4.76. The van der Waals surface area contributed by atoms with Gasteiger partial charge in [-0.05, 0) is 42.2 Å². The predicted molar refractivity (Wildman–Crippen MR) is 66.7 cm³/mol. The summed E-state index contributed by atoms with van der Waals surface area (Å²) in [5.74, 6) is 1.05. The highest BCUT2D eigenvalue weighted by atomic mass is 35.5. The summed E-state index contributed by atoms with van der Waals surface area (Å²) in [7, 11) is 0. The van der Waals surface area contributed by atoms with Crippen LogP contribution in [0.2, 0.25) is 0 Å².